The number of carbonyl (C=O) groups excluding carboxylic acids is 1. The third kappa shape index (κ3) is 7.45. The van der Waals surface area contributed by atoms with Crippen LogP contribution in [-0.2, 0) is 14.3 Å². The van der Waals surface area contributed by atoms with Gasteiger partial charge in [-0.15, -0.1) is 0 Å². The molecule has 0 spiro atoms. The van der Waals surface area contributed by atoms with Crippen molar-refractivity contribution >= 4 is 11.9 Å². The molecule has 2 N–H and O–H groups in total. The van der Waals surface area contributed by atoms with Crippen LogP contribution in [0.15, 0.2) is 24.8 Å². The average molecular weight is 214 g/mol. The Labute approximate surface area is 87.7 Å². The van der Waals surface area contributed by atoms with Gasteiger partial charge in [-0.2, -0.15) is 0 Å². The second kappa shape index (κ2) is 6.78. The number of aliphatic carboxylic acids is 1. The van der Waals surface area contributed by atoms with Gasteiger partial charge in [0.25, 0.3) is 0 Å². The van der Waals surface area contributed by atoms with E-state index in [1.165, 1.54) is 6.08 Å². The van der Waals surface area contributed by atoms with Crippen molar-refractivity contribution in [1.82, 2.24) is 0 Å². The summed E-state index contributed by atoms with van der Waals surface area (Å²) in [7, 11) is 0. The summed E-state index contributed by atoms with van der Waals surface area (Å²) in [6, 6.07) is 0. The minimum atomic E-state index is -1.22. The first-order valence-electron chi connectivity index (χ1n) is 4.38. The molecule has 0 aromatic heterocycles. The highest BCUT2D eigenvalue weighted by Crippen LogP contribution is 2.04. The molecule has 2 unspecified atom stereocenters. The minimum absolute atomic E-state index is 0.232. The Morgan fingerprint density at radius 2 is 2.07 bits per heavy atom. The van der Waals surface area contributed by atoms with Gasteiger partial charge in [0.1, 0.15) is 6.10 Å². The Balaban J connectivity index is 4.12. The lowest BCUT2D eigenvalue weighted by atomic mass is 10.2. The Morgan fingerprint density at radius 3 is 2.47 bits per heavy atom. The molecule has 5 heteroatoms. The number of carboxylic acid groups (broad SMARTS) is 1. The van der Waals surface area contributed by atoms with E-state index < -0.39 is 24.1 Å². The SMILES string of the molecule is C=CC(CC(C)O)OC(=O)/C=C/C(=O)O. The highest BCUT2D eigenvalue weighted by atomic mass is 16.5. The molecule has 0 fully saturated rings. The van der Waals surface area contributed by atoms with Crippen LogP contribution in [0.1, 0.15) is 13.3 Å². The molecule has 0 aliphatic carbocycles. The molecule has 0 aromatic carbocycles. The van der Waals surface area contributed by atoms with Crippen LogP contribution in [0.5, 0.6) is 0 Å². The van der Waals surface area contributed by atoms with Gasteiger partial charge in [-0.3, -0.25) is 0 Å². The molecule has 5 nitrogen and oxygen atoms in total. The molecule has 0 bridgehead atoms. The lowest BCUT2D eigenvalue weighted by Gasteiger charge is -2.13. The highest BCUT2D eigenvalue weighted by Gasteiger charge is 2.11. The van der Waals surface area contributed by atoms with Crippen LogP contribution in [0, 0.1) is 0 Å². The number of carboxylic acids is 1. The number of ether oxygens (including phenoxy) is 1. The minimum Gasteiger partial charge on any atom is -0.478 e. The number of hydrogen-bond donors (Lipinski definition) is 2. The van der Waals surface area contributed by atoms with E-state index in [1.54, 1.807) is 6.92 Å². The number of carbonyl (C=O) groups is 2. The zero-order chi connectivity index (χ0) is 11.8. The topological polar surface area (TPSA) is 83.8 Å². The van der Waals surface area contributed by atoms with Gasteiger partial charge < -0.3 is 14.9 Å². The van der Waals surface area contributed by atoms with Crippen molar-refractivity contribution in [2.24, 2.45) is 0 Å². The maximum Gasteiger partial charge on any atom is 0.331 e. The normalized spacial score (nSPS) is 14.5. The van der Waals surface area contributed by atoms with E-state index in [9.17, 15) is 9.59 Å². The van der Waals surface area contributed by atoms with Crippen molar-refractivity contribution in [1.29, 1.82) is 0 Å². The molecule has 0 aliphatic rings. The van der Waals surface area contributed by atoms with Gasteiger partial charge in [0.2, 0.25) is 0 Å². The summed E-state index contributed by atoms with van der Waals surface area (Å²) in [4.78, 5) is 21.1. The third-order valence-electron chi connectivity index (χ3n) is 1.47. The Kier molecular flexibility index (Phi) is 6.05. The second-order valence-corrected chi connectivity index (χ2v) is 2.97. The predicted octanol–water partition coefficient (Wildman–Crippen LogP) is 0.496. The molecule has 0 aromatic rings. The van der Waals surface area contributed by atoms with Crippen LogP contribution in [-0.4, -0.2) is 34.4 Å². The van der Waals surface area contributed by atoms with E-state index in [1.807, 2.05) is 0 Å². The van der Waals surface area contributed by atoms with Gasteiger partial charge in [-0.05, 0) is 6.92 Å². The number of esters is 1. The number of hydrogen-bond acceptors (Lipinski definition) is 4. The molecular weight excluding hydrogens is 200 g/mol. The summed E-state index contributed by atoms with van der Waals surface area (Å²) < 4.78 is 4.79. The first-order chi connectivity index (χ1) is 6.95. The molecule has 0 saturated heterocycles. The van der Waals surface area contributed by atoms with Crippen LogP contribution in [0.4, 0.5) is 0 Å². The summed E-state index contributed by atoms with van der Waals surface area (Å²) in [6.45, 7) is 4.99. The van der Waals surface area contributed by atoms with Gasteiger partial charge in [0.05, 0.1) is 6.10 Å². The Bertz CT molecular complexity index is 267. The summed E-state index contributed by atoms with van der Waals surface area (Å²) >= 11 is 0. The number of aliphatic hydroxyl groups is 1. The first kappa shape index (κ1) is 13.4. The van der Waals surface area contributed by atoms with E-state index in [4.69, 9.17) is 14.9 Å². The predicted molar refractivity (Wildman–Crippen MR) is 53.2 cm³/mol. The van der Waals surface area contributed by atoms with E-state index in [2.05, 4.69) is 6.58 Å². The second-order valence-electron chi connectivity index (χ2n) is 2.97. The third-order valence-corrected chi connectivity index (χ3v) is 1.47. The quantitative estimate of drug-likeness (QED) is 0.382. The summed E-state index contributed by atoms with van der Waals surface area (Å²) in [5.41, 5.74) is 0. The fourth-order valence-electron chi connectivity index (χ4n) is 0.856. The van der Waals surface area contributed by atoms with Crippen LogP contribution in [0.3, 0.4) is 0 Å². The summed E-state index contributed by atoms with van der Waals surface area (Å²) in [6.07, 6.45) is 1.86. The molecule has 0 radical (unpaired) electrons. The van der Waals surface area contributed by atoms with Gasteiger partial charge in [-0.25, -0.2) is 9.59 Å². The molecule has 0 saturated carbocycles. The number of aliphatic hydroxyl groups excluding tert-OH is 1. The maximum atomic E-state index is 11.0. The standard InChI is InChI=1S/C10H14O5/c1-3-8(6-7(2)11)15-10(14)5-4-9(12)13/h3-5,7-8,11H,1,6H2,2H3,(H,12,13)/b5-4+. The molecule has 2 atom stereocenters. The highest BCUT2D eigenvalue weighted by molar-refractivity contribution is 5.90. The zero-order valence-electron chi connectivity index (χ0n) is 8.42. The van der Waals surface area contributed by atoms with Crippen molar-refractivity contribution < 1.29 is 24.5 Å². The van der Waals surface area contributed by atoms with Gasteiger partial charge in [0, 0.05) is 18.6 Å². The number of rotatable bonds is 6. The van der Waals surface area contributed by atoms with Crippen molar-refractivity contribution in [3.8, 4) is 0 Å². The van der Waals surface area contributed by atoms with E-state index >= 15 is 0 Å². The van der Waals surface area contributed by atoms with Crippen LogP contribution < -0.4 is 0 Å². The van der Waals surface area contributed by atoms with Crippen LogP contribution >= 0.6 is 0 Å². The molecule has 0 amide bonds. The fraction of sp³-hybridized carbons (Fsp3) is 0.400. The van der Waals surface area contributed by atoms with E-state index in [0.29, 0.717) is 6.08 Å². The van der Waals surface area contributed by atoms with Crippen molar-refractivity contribution in [2.75, 3.05) is 0 Å². The van der Waals surface area contributed by atoms with Crippen molar-refractivity contribution in [3.05, 3.63) is 24.8 Å². The lowest BCUT2D eigenvalue weighted by Crippen LogP contribution is -2.19. The van der Waals surface area contributed by atoms with Gasteiger partial charge in [-0.1, -0.05) is 12.7 Å². The molecular formula is C10H14O5. The van der Waals surface area contributed by atoms with Crippen molar-refractivity contribution in [2.45, 2.75) is 25.6 Å². The molecule has 15 heavy (non-hydrogen) atoms. The molecule has 0 aliphatic heterocycles. The Morgan fingerprint density at radius 1 is 1.47 bits per heavy atom. The van der Waals surface area contributed by atoms with Gasteiger partial charge in [0.15, 0.2) is 0 Å². The zero-order valence-corrected chi connectivity index (χ0v) is 8.42. The largest absolute Gasteiger partial charge is 0.478 e. The van der Waals surface area contributed by atoms with Crippen LogP contribution in [0.2, 0.25) is 0 Å². The smallest absolute Gasteiger partial charge is 0.331 e. The van der Waals surface area contributed by atoms with E-state index in [-0.39, 0.29) is 6.42 Å². The molecule has 0 rings (SSSR count). The molecule has 0 heterocycles. The van der Waals surface area contributed by atoms with E-state index in [0.717, 1.165) is 6.08 Å². The molecule has 84 valence electrons. The first-order valence-corrected chi connectivity index (χ1v) is 4.38. The maximum absolute atomic E-state index is 11.0. The summed E-state index contributed by atoms with van der Waals surface area (Å²) in [5, 5.41) is 17.3. The lowest BCUT2D eigenvalue weighted by molar-refractivity contribution is -0.142. The Hall–Kier alpha value is -1.62. The fourth-order valence-corrected chi connectivity index (χ4v) is 0.856. The summed E-state index contributed by atoms with van der Waals surface area (Å²) in [5.74, 6) is -2.00. The monoisotopic (exact) mass is 214 g/mol. The average Bonchev–Trinajstić information content (AvgIpc) is 2.13. The van der Waals surface area contributed by atoms with Crippen molar-refractivity contribution in [3.63, 3.8) is 0 Å². The van der Waals surface area contributed by atoms with Gasteiger partial charge >= 0.3 is 11.9 Å². The van der Waals surface area contributed by atoms with Crippen LogP contribution in [0.25, 0.3) is 0 Å².